The van der Waals surface area contributed by atoms with Gasteiger partial charge in [-0.2, -0.15) is 0 Å². The zero-order valence-corrected chi connectivity index (χ0v) is 20.1. The maximum Gasteiger partial charge on any atom is 0.224 e. The van der Waals surface area contributed by atoms with Crippen LogP contribution in [-0.2, 0) is 17.8 Å². The second-order valence-corrected chi connectivity index (χ2v) is 8.52. The first-order valence-electron chi connectivity index (χ1n) is 11.3. The number of nitrogens with one attached hydrogen (secondary N) is 1. The van der Waals surface area contributed by atoms with E-state index in [2.05, 4.69) is 16.0 Å². The quantitative estimate of drug-likeness (QED) is 0.302. The molecule has 0 saturated heterocycles. The molecular formula is C27H28ClN3O3. The third-order valence-corrected chi connectivity index (χ3v) is 5.83. The van der Waals surface area contributed by atoms with E-state index in [0.29, 0.717) is 18.1 Å². The summed E-state index contributed by atoms with van der Waals surface area (Å²) in [5, 5.41) is 3.78. The minimum atomic E-state index is -0.240. The molecule has 0 bridgehead atoms. The number of para-hydroxylation sites is 2. The van der Waals surface area contributed by atoms with Crippen molar-refractivity contribution < 1.29 is 14.3 Å². The van der Waals surface area contributed by atoms with Crippen molar-refractivity contribution in [1.29, 1.82) is 0 Å². The fraction of sp³-hybridized carbons (Fsp3) is 0.259. The monoisotopic (exact) mass is 477 g/mol. The first-order valence-corrected chi connectivity index (χ1v) is 11.7. The van der Waals surface area contributed by atoms with Crippen LogP contribution in [0.1, 0.15) is 30.8 Å². The molecule has 34 heavy (non-hydrogen) atoms. The largest absolute Gasteiger partial charge is 0.497 e. The van der Waals surface area contributed by atoms with Crippen LogP contribution in [0.4, 0.5) is 0 Å². The number of carbonyl (C=O) groups is 1. The summed E-state index contributed by atoms with van der Waals surface area (Å²) in [6.07, 6.45) is 1.09. The fourth-order valence-corrected chi connectivity index (χ4v) is 4.02. The minimum absolute atomic E-state index is 0.0534. The smallest absolute Gasteiger partial charge is 0.224 e. The van der Waals surface area contributed by atoms with E-state index in [9.17, 15) is 4.79 Å². The Morgan fingerprint density at radius 3 is 2.47 bits per heavy atom. The van der Waals surface area contributed by atoms with Crippen LogP contribution in [0, 0.1) is 0 Å². The number of methoxy groups -OCH3 is 1. The van der Waals surface area contributed by atoms with Crippen LogP contribution in [0.5, 0.6) is 11.5 Å². The highest BCUT2D eigenvalue weighted by Crippen LogP contribution is 2.22. The van der Waals surface area contributed by atoms with Crippen molar-refractivity contribution in [2.45, 2.75) is 32.4 Å². The molecule has 0 radical (unpaired) electrons. The molecule has 0 aliphatic carbocycles. The summed E-state index contributed by atoms with van der Waals surface area (Å²) in [5.74, 6) is 2.34. The van der Waals surface area contributed by atoms with Crippen LogP contribution >= 0.6 is 11.6 Å². The first kappa shape index (κ1) is 23.6. The summed E-state index contributed by atoms with van der Waals surface area (Å²) >= 11 is 5.94. The van der Waals surface area contributed by atoms with Crippen molar-refractivity contribution in [2.24, 2.45) is 0 Å². The number of aromatic nitrogens is 2. The first-order chi connectivity index (χ1) is 16.5. The zero-order chi connectivity index (χ0) is 23.9. The number of amides is 1. The van der Waals surface area contributed by atoms with Gasteiger partial charge in [-0.15, -0.1) is 0 Å². The van der Waals surface area contributed by atoms with Gasteiger partial charge in [0, 0.05) is 11.6 Å². The highest BCUT2D eigenvalue weighted by Gasteiger charge is 2.18. The Labute approximate surface area is 204 Å². The van der Waals surface area contributed by atoms with Gasteiger partial charge in [0.05, 0.1) is 37.2 Å². The molecule has 0 aliphatic heterocycles. The van der Waals surface area contributed by atoms with Gasteiger partial charge >= 0.3 is 0 Å². The Bertz CT molecular complexity index is 1240. The second-order valence-electron chi connectivity index (χ2n) is 8.08. The van der Waals surface area contributed by atoms with E-state index >= 15 is 0 Å². The average Bonchev–Trinajstić information content (AvgIpc) is 3.22. The van der Waals surface area contributed by atoms with E-state index in [4.69, 9.17) is 26.1 Å². The van der Waals surface area contributed by atoms with E-state index in [0.717, 1.165) is 46.9 Å². The van der Waals surface area contributed by atoms with Crippen LogP contribution in [0.3, 0.4) is 0 Å². The topological polar surface area (TPSA) is 65.4 Å². The van der Waals surface area contributed by atoms with E-state index in [1.807, 2.05) is 73.7 Å². The molecule has 1 N–H and O–H groups in total. The molecular weight excluding hydrogens is 450 g/mol. The standard InChI is InChI=1S/C27H28ClN3O3/c1-19(29-26(32)18-20-8-12-22(33-2)13-9-20)27-30-24-6-3-4-7-25(24)31(27)16-5-17-34-23-14-10-21(28)11-15-23/h3-4,6-15,19H,5,16-18H2,1-2H3,(H,29,32). The molecule has 6 nitrogen and oxygen atoms in total. The number of benzene rings is 3. The zero-order valence-electron chi connectivity index (χ0n) is 19.3. The van der Waals surface area contributed by atoms with Crippen molar-refractivity contribution in [2.75, 3.05) is 13.7 Å². The molecule has 7 heteroatoms. The third kappa shape index (κ3) is 5.88. The van der Waals surface area contributed by atoms with Crippen molar-refractivity contribution in [3.8, 4) is 11.5 Å². The summed E-state index contributed by atoms with van der Waals surface area (Å²) in [6.45, 7) is 3.25. The number of carbonyl (C=O) groups excluding carboxylic acids is 1. The van der Waals surface area contributed by atoms with Gasteiger partial charge in [0.25, 0.3) is 0 Å². The van der Waals surface area contributed by atoms with Crippen molar-refractivity contribution in [3.63, 3.8) is 0 Å². The van der Waals surface area contributed by atoms with Crippen LogP contribution < -0.4 is 14.8 Å². The Balaban J connectivity index is 1.41. The Hall–Kier alpha value is -3.51. The van der Waals surface area contributed by atoms with E-state index in [1.165, 1.54) is 0 Å². The number of hydrogen-bond donors (Lipinski definition) is 1. The lowest BCUT2D eigenvalue weighted by atomic mass is 10.1. The van der Waals surface area contributed by atoms with Crippen molar-refractivity contribution >= 4 is 28.5 Å². The number of ether oxygens (including phenoxy) is 2. The molecule has 176 valence electrons. The summed E-state index contributed by atoms with van der Waals surface area (Å²) in [7, 11) is 1.62. The molecule has 1 amide bonds. The SMILES string of the molecule is COc1ccc(CC(=O)NC(C)c2nc3ccccc3n2CCCOc2ccc(Cl)cc2)cc1. The van der Waals surface area contributed by atoms with Gasteiger partial charge in [-0.1, -0.05) is 35.9 Å². The highest BCUT2D eigenvalue weighted by molar-refractivity contribution is 6.30. The predicted octanol–water partition coefficient (Wildman–Crippen LogP) is 5.59. The molecule has 3 aromatic carbocycles. The van der Waals surface area contributed by atoms with Crippen LogP contribution in [0.2, 0.25) is 5.02 Å². The molecule has 0 saturated carbocycles. The van der Waals surface area contributed by atoms with Crippen LogP contribution in [-0.4, -0.2) is 29.2 Å². The van der Waals surface area contributed by atoms with Gasteiger partial charge < -0.3 is 19.4 Å². The maximum atomic E-state index is 12.7. The van der Waals surface area contributed by atoms with Gasteiger partial charge in [0.1, 0.15) is 17.3 Å². The van der Waals surface area contributed by atoms with Crippen molar-refractivity contribution in [1.82, 2.24) is 14.9 Å². The van der Waals surface area contributed by atoms with Crippen molar-refractivity contribution in [3.05, 3.63) is 89.2 Å². The van der Waals surface area contributed by atoms with Gasteiger partial charge in [-0.05, 0) is 67.4 Å². The number of hydrogen-bond acceptors (Lipinski definition) is 4. The van der Waals surface area contributed by atoms with Gasteiger partial charge in [0.15, 0.2) is 0 Å². The fourth-order valence-electron chi connectivity index (χ4n) is 3.89. The number of fused-ring (bicyclic) bond motifs is 1. The average molecular weight is 478 g/mol. The Kier molecular flexibility index (Phi) is 7.70. The summed E-state index contributed by atoms with van der Waals surface area (Å²) in [5.41, 5.74) is 2.88. The second kappa shape index (κ2) is 11.1. The summed E-state index contributed by atoms with van der Waals surface area (Å²) < 4.78 is 13.2. The third-order valence-electron chi connectivity index (χ3n) is 5.58. The van der Waals surface area contributed by atoms with Gasteiger partial charge in [-0.25, -0.2) is 4.98 Å². The molecule has 1 aromatic heterocycles. The van der Waals surface area contributed by atoms with E-state index in [-0.39, 0.29) is 11.9 Å². The number of aryl methyl sites for hydroxylation is 1. The highest BCUT2D eigenvalue weighted by atomic mass is 35.5. The lowest BCUT2D eigenvalue weighted by molar-refractivity contribution is -0.121. The van der Waals surface area contributed by atoms with Gasteiger partial charge in [-0.3, -0.25) is 4.79 Å². The lowest BCUT2D eigenvalue weighted by Gasteiger charge is -2.17. The number of halogens is 1. The molecule has 1 heterocycles. The molecule has 0 spiro atoms. The number of rotatable bonds is 10. The number of imidazole rings is 1. The lowest BCUT2D eigenvalue weighted by Crippen LogP contribution is -2.30. The summed E-state index contributed by atoms with van der Waals surface area (Å²) in [4.78, 5) is 17.5. The van der Waals surface area contributed by atoms with Crippen LogP contribution in [0.15, 0.2) is 72.8 Å². The molecule has 0 aliphatic rings. The van der Waals surface area contributed by atoms with Crippen LogP contribution in [0.25, 0.3) is 11.0 Å². The molecule has 1 unspecified atom stereocenters. The normalized spacial score (nSPS) is 11.9. The molecule has 4 rings (SSSR count). The molecule has 0 fully saturated rings. The maximum absolute atomic E-state index is 12.7. The Morgan fingerprint density at radius 1 is 1.03 bits per heavy atom. The van der Waals surface area contributed by atoms with Gasteiger partial charge in [0.2, 0.25) is 5.91 Å². The predicted molar refractivity (Wildman–Crippen MR) is 135 cm³/mol. The minimum Gasteiger partial charge on any atom is -0.497 e. The summed E-state index contributed by atoms with van der Waals surface area (Å²) in [6, 6.07) is 22.7. The Morgan fingerprint density at radius 2 is 1.74 bits per heavy atom. The number of nitrogens with zero attached hydrogens (tertiary/aromatic N) is 2. The van der Waals surface area contributed by atoms with E-state index < -0.39 is 0 Å². The molecule has 1 atom stereocenters. The van der Waals surface area contributed by atoms with E-state index in [1.54, 1.807) is 7.11 Å². The molecule has 4 aromatic rings.